The zero-order chi connectivity index (χ0) is 35.3. The van der Waals surface area contributed by atoms with E-state index in [9.17, 15) is 26.3 Å². The number of hydrogen-bond donors (Lipinski definition) is 0. The average molecular weight is 688 g/mol. The van der Waals surface area contributed by atoms with Gasteiger partial charge in [-0.1, -0.05) is 72.8 Å². The molecule has 0 unspecified atom stereocenters. The van der Waals surface area contributed by atoms with Crippen LogP contribution in [0.25, 0.3) is 72.8 Å². The molecule has 11 heteroatoms. The summed E-state index contributed by atoms with van der Waals surface area (Å²) in [6.07, 6.45) is -6.10. The Kier molecular flexibility index (Phi) is 7.63. The van der Waals surface area contributed by atoms with Crippen molar-refractivity contribution < 1.29 is 26.3 Å². The van der Waals surface area contributed by atoms with Crippen LogP contribution in [-0.2, 0) is 12.4 Å². The van der Waals surface area contributed by atoms with Gasteiger partial charge in [-0.05, 0) is 60.2 Å². The lowest BCUT2D eigenvalue weighted by molar-refractivity contribution is -0.138. The number of hydrogen-bond acceptors (Lipinski definition) is 4. The molecule has 0 aliphatic rings. The number of alkyl halides is 6. The van der Waals surface area contributed by atoms with E-state index in [0.29, 0.717) is 22.9 Å². The molecule has 5 aromatic carbocycles. The van der Waals surface area contributed by atoms with Crippen molar-refractivity contribution >= 4 is 21.8 Å². The van der Waals surface area contributed by atoms with Crippen LogP contribution in [0.15, 0.2) is 140 Å². The van der Waals surface area contributed by atoms with Crippen LogP contribution in [0.2, 0.25) is 0 Å². The van der Waals surface area contributed by atoms with Crippen LogP contribution in [-0.4, -0.2) is 24.5 Å². The number of nitrogens with zero attached hydrogens (tertiary/aromatic N) is 5. The van der Waals surface area contributed by atoms with Gasteiger partial charge in [0, 0.05) is 45.4 Å². The van der Waals surface area contributed by atoms with E-state index in [-0.39, 0.29) is 27.6 Å². The zero-order valence-electron chi connectivity index (χ0n) is 26.3. The van der Waals surface area contributed by atoms with Gasteiger partial charge in [-0.3, -0.25) is 4.98 Å². The number of fused-ring (bicyclic) bond motifs is 3. The number of pyridine rings is 1. The van der Waals surface area contributed by atoms with Crippen LogP contribution >= 0.6 is 0 Å². The van der Waals surface area contributed by atoms with Crippen molar-refractivity contribution in [2.75, 3.05) is 0 Å². The fourth-order valence-electron chi connectivity index (χ4n) is 6.19. The van der Waals surface area contributed by atoms with Crippen LogP contribution in [0.4, 0.5) is 26.3 Å². The Morgan fingerprint density at radius 3 is 1.45 bits per heavy atom. The Labute approximate surface area is 286 Å². The Morgan fingerprint density at radius 2 is 0.961 bits per heavy atom. The molecule has 0 amide bonds. The molecule has 0 N–H and O–H groups in total. The standard InChI is InChI=1S/C40H23F6N5/c41-39(42,43)28-14-17-33-30(21-28)31-22-29(40(44,45)46)15-18-34(31)51(33)35-16-13-26(27-12-7-19-47-23-27)20-32(35)38-49-36(24-8-3-1-4-9-24)48-37(50-38)25-10-5-2-6-11-25/h1-23H. The molecule has 0 saturated carbocycles. The van der Waals surface area contributed by atoms with Gasteiger partial charge in [0.2, 0.25) is 0 Å². The van der Waals surface area contributed by atoms with Gasteiger partial charge >= 0.3 is 12.4 Å². The van der Waals surface area contributed by atoms with E-state index in [1.54, 1.807) is 29.1 Å². The molecular weight excluding hydrogens is 664 g/mol. The summed E-state index contributed by atoms with van der Waals surface area (Å²) in [6, 6.07) is 33.9. The molecule has 0 aliphatic carbocycles. The second-order valence-corrected chi connectivity index (χ2v) is 11.8. The monoisotopic (exact) mass is 687 g/mol. The first-order valence-electron chi connectivity index (χ1n) is 15.7. The van der Waals surface area contributed by atoms with Gasteiger partial charge in [0.15, 0.2) is 17.5 Å². The molecule has 0 spiro atoms. The largest absolute Gasteiger partial charge is 0.416 e. The van der Waals surface area contributed by atoms with Crippen LogP contribution in [0.1, 0.15) is 11.1 Å². The van der Waals surface area contributed by atoms with E-state index >= 15 is 0 Å². The van der Waals surface area contributed by atoms with E-state index in [1.165, 1.54) is 12.1 Å². The molecule has 3 heterocycles. The van der Waals surface area contributed by atoms with Gasteiger partial charge < -0.3 is 4.57 Å². The molecule has 0 atom stereocenters. The maximum atomic E-state index is 13.9. The van der Waals surface area contributed by atoms with E-state index in [0.717, 1.165) is 46.5 Å². The molecule has 8 rings (SSSR count). The highest BCUT2D eigenvalue weighted by atomic mass is 19.4. The van der Waals surface area contributed by atoms with Gasteiger partial charge in [-0.25, -0.2) is 15.0 Å². The van der Waals surface area contributed by atoms with Gasteiger partial charge in [0.1, 0.15) is 0 Å². The Balaban J connectivity index is 1.46. The van der Waals surface area contributed by atoms with Crippen LogP contribution in [0.5, 0.6) is 0 Å². The highest BCUT2D eigenvalue weighted by molar-refractivity contribution is 6.10. The number of rotatable bonds is 5. The molecule has 5 nitrogen and oxygen atoms in total. The molecule has 250 valence electrons. The SMILES string of the molecule is FC(F)(F)c1ccc2c(c1)c1cc(C(F)(F)F)ccc1n2-c1ccc(-c2cccnc2)cc1-c1nc(-c2ccccc2)nc(-c2ccccc2)n1. The number of benzene rings is 5. The predicted molar refractivity (Wildman–Crippen MR) is 184 cm³/mol. The summed E-state index contributed by atoms with van der Waals surface area (Å²) in [6.45, 7) is 0. The van der Waals surface area contributed by atoms with Gasteiger partial charge in [-0.2, -0.15) is 26.3 Å². The predicted octanol–water partition coefficient (Wildman–Crippen LogP) is 11.1. The quantitative estimate of drug-likeness (QED) is 0.169. The highest BCUT2D eigenvalue weighted by Gasteiger charge is 2.33. The maximum Gasteiger partial charge on any atom is 0.416 e. The van der Waals surface area contributed by atoms with Crippen molar-refractivity contribution in [3.63, 3.8) is 0 Å². The first-order valence-corrected chi connectivity index (χ1v) is 15.7. The summed E-state index contributed by atoms with van der Waals surface area (Å²) in [7, 11) is 0. The Bertz CT molecular complexity index is 2420. The summed E-state index contributed by atoms with van der Waals surface area (Å²) in [5.41, 5.74) is 2.45. The van der Waals surface area contributed by atoms with Crippen molar-refractivity contribution in [1.29, 1.82) is 0 Å². The normalized spacial score (nSPS) is 12.1. The lowest BCUT2D eigenvalue weighted by atomic mass is 10.0. The van der Waals surface area contributed by atoms with Crippen LogP contribution in [0.3, 0.4) is 0 Å². The van der Waals surface area contributed by atoms with E-state index in [1.807, 2.05) is 78.9 Å². The second-order valence-electron chi connectivity index (χ2n) is 11.8. The molecule has 0 aliphatic heterocycles. The summed E-state index contributed by atoms with van der Waals surface area (Å²) < 4.78 is 85.3. The lowest BCUT2D eigenvalue weighted by Gasteiger charge is -2.16. The summed E-state index contributed by atoms with van der Waals surface area (Å²) in [4.78, 5) is 18.9. The van der Waals surface area contributed by atoms with E-state index in [4.69, 9.17) is 15.0 Å². The van der Waals surface area contributed by atoms with Gasteiger partial charge in [0.05, 0.1) is 27.8 Å². The van der Waals surface area contributed by atoms with Crippen LogP contribution in [0, 0.1) is 0 Å². The Morgan fingerprint density at radius 1 is 0.451 bits per heavy atom. The summed E-state index contributed by atoms with van der Waals surface area (Å²) >= 11 is 0. The smallest absolute Gasteiger partial charge is 0.309 e. The van der Waals surface area contributed by atoms with Gasteiger partial charge in [0.25, 0.3) is 0 Å². The first-order chi connectivity index (χ1) is 24.5. The third kappa shape index (κ3) is 5.96. The molecule has 0 bridgehead atoms. The van der Waals surface area contributed by atoms with E-state index < -0.39 is 23.5 Å². The average Bonchev–Trinajstić information content (AvgIpc) is 3.48. The molecule has 0 saturated heterocycles. The molecule has 0 fully saturated rings. The Hall–Kier alpha value is -6.36. The molecule has 0 radical (unpaired) electrons. The second kappa shape index (κ2) is 12.2. The minimum Gasteiger partial charge on any atom is -0.309 e. The van der Waals surface area contributed by atoms with Gasteiger partial charge in [-0.15, -0.1) is 0 Å². The summed E-state index contributed by atoms with van der Waals surface area (Å²) in [5, 5.41) is 0.0256. The zero-order valence-corrected chi connectivity index (χ0v) is 26.3. The fraction of sp³-hybridized carbons (Fsp3) is 0.0500. The van der Waals surface area contributed by atoms with E-state index in [2.05, 4.69) is 4.98 Å². The van der Waals surface area contributed by atoms with Crippen molar-refractivity contribution in [2.24, 2.45) is 0 Å². The van der Waals surface area contributed by atoms with Crippen molar-refractivity contribution in [2.45, 2.75) is 12.4 Å². The van der Waals surface area contributed by atoms with Crippen molar-refractivity contribution in [3.05, 3.63) is 151 Å². The van der Waals surface area contributed by atoms with Crippen molar-refractivity contribution in [1.82, 2.24) is 24.5 Å². The number of aromatic nitrogens is 5. The highest BCUT2D eigenvalue weighted by Crippen LogP contribution is 2.42. The third-order valence-corrected chi connectivity index (χ3v) is 8.59. The first kappa shape index (κ1) is 31.9. The molecular formula is C40H23F6N5. The molecule has 3 aromatic heterocycles. The number of halogens is 6. The molecule has 8 aromatic rings. The third-order valence-electron chi connectivity index (χ3n) is 8.59. The minimum atomic E-state index is -4.71. The van der Waals surface area contributed by atoms with Crippen molar-refractivity contribution in [3.8, 4) is 51.0 Å². The molecule has 51 heavy (non-hydrogen) atoms. The topological polar surface area (TPSA) is 56.5 Å². The summed E-state index contributed by atoms with van der Waals surface area (Å²) in [5.74, 6) is 1.00. The lowest BCUT2D eigenvalue weighted by Crippen LogP contribution is -2.05. The van der Waals surface area contributed by atoms with Crippen LogP contribution < -0.4 is 0 Å². The maximum absolute atomic E-state index is 13.9. The minimum absolute atomic E-state index is 0.0128. The fourth-order valence-corrected chi connectivity index (χ4v) is 6.19.